The highest BCUT2D eigenvalue weighted by molar-refractivity contribution is 6.36. The number of anilines is 1. The molecule has 0 fully saturated rings. The van der Waals surface area contributed by atoms with Crippen LogP contribution in [0.1, 0.15) is 362 Å². The molecule has 0 saturated heterocycles. The largest absolute Gasteiger partial charge is 0.796 e. The number of carbonyl (C=O) groups excluding carboxylic acids is 1. The Morgan fingerprint density at radius 3 is 1.24 bits per heavy atom. The molecule has 0 radical (unpaired) electrons. The Labute approximate surface area is 556 Å². The zero-order chi connectivity index (χ0) is 65.2. The van der Waals surface area contributed by atoms with Crippen molar-refractivity contribution in [1.29, 1.82) is 0 Å². The van der Waals surface area contributed by atoms with Crippen LogP contribution >= 0.6 is 0 Å². The molecule has 8 nitrogen and oxygen atoms in total. The van der Waals surface area contributed by atoms with E-state index in [9.17, 15) is 13.4 Å². The Balaban J connectivity index is 1.50. The van der Waals surface area contributed by atoms with Gasteiger partial charge in [-0.3, -0.25) is 4.79 Å². The minimum atomic E-state index is -3.09. The molecule has 3 N–H and O–H groups in total. The molecule has 0 aliphatic rings. The van der Waals surface area contributed by atoms with Gasteiger partial charge in [0, 0.05) is 42.3 Å². The summed E-state index contributed by atoms with van der Waals surface area (Å²) in [5, 5.41) is 3.75. The molecule has 0 unspecified atom stereocenters. The van der Waals surface area contributed by atoms with Gasteiger partial charge in [-0.15, -0.1) is 0 Å². The van der Waals surface area contributed by atoms with Crippen LogP contribution in [0.4, 0.5) is 14.3 Å². The molecule has 4 rings (SSSR count). The minimum absolute atomic E-state index is 0.155. The molecule has 0 amide bonds. The lowest BCUT2D eigenvalue weighted by atomic mass is 9.98. The fourth-order valence-electron chi connectivity index (χ4n) is 13.2. The third-order valence-corrected chi connectivity index (χ3v) is 18.7. The zero-order valence-electron chi connectivity index (χ0n) is 59.3. The number of hydrogen-bond acceptors (Lipinski definition) is 6. The molecule has 0 aliphatic heterocycles. The molecule has 0 spiro atoms. The topological polar surface area (TPSA) is 97.6 Å². The SMILES string of the molecule is CCCCCCCCCCCCCCCCOc1cc(NCc2cccc(-c3[nH]c(C(=O)/C=C(\OB(F)F)c4[nH]cc(CC)c4CC)c(CC)c3CC)c2)cc(OCCCCCCCCCCCCCCCC)c1OCCCCCCCCCCCCCCCC. The van der Waals surface area contributed by atoms with E-state index in [1.165, 1.54) is 237 Å². The number of nitrogens with one attached hydrogen (secondary N) is 3. The second-order valence-corrected chi connectivity index (χ2v) is 26.4. The van der Waals surface area contributed by atoms with E-state index >= 15 is 0 Å². The first-order valence-electron chi connectivity index (χ1n) is 38.3. The van der Waals surface area contributed by atoms with Crippen molar-refractivity contribution in [2.45, 2.75) is 350 Å². The lowest BCUT2D eigenvalue weighted by Crippen LogP contribution is -2.09. The van der Waals surface area contributed by atoms with E-state index in [4.69, 9.17) is 18.9 Å². The monoisotopic (exact) mass is 1260 g/mol. The Kier molecular flexibility index (Phi) is 44.8. The second-order valence-electron chi connectivity index (χ2n) is 26.4. The van der Waals surface area contributed by atoms with Gasteiger partial charge in [-0.05, 0) is 84.4 Å². The zero-order valence-corrected chi connectivity index (χ0v) is 59.3. The van der Waals surface area contributed by atoms with Gasteiger partial charge in [0.15, 0.2) is 11.5 Å². The summed E-state index contributed by atoms with van der Waals surface area (Å²) in [6.07, 6.45) is 60.9. The van der Waals surface area contributed by atoms with Crippen molar-refractivity contribution in [3.05, 3.63) is 87.9 Å². The van der Waals surface area contributed by atoms with Gasteiger partial charge in [0.25, 0.3) is 0 Å². The van der Waals surface area contributed by atoms with Gasteiger partial charge < -0.3 is 34.1 Å². The number of ether oxygens (including phenoxy) is 3. The van der Waals surface area contributed by atoms with Crippen molar-refractivity contribution in [3.63, 3.8) is 0 Å². The molecule has 91 heavy (non-hydrogen) atoms. The van der Waals surface area contributed by atoms with E-state index in [0.717, 1.165) is 107 Å². The number of aryl methyl sites for hydroxylation is 1. The highest BCUT2D eigenvalue weighted by atomic mass is 19.2. The van der Waals surface area contributed by atoms with Crippen LogP contribution in [0.25, 0.3) is 17.0 Å². The lowest BCUT2D eigenvalue weighted by molar-refractivity contribution is 0.104. The van der Waals surface area contributed by atoms with Crippen molar-refractivity contribution < 1.29 is 32.3 Å². The molecule has 0 aliphatic carbocycles. The molecule has 0 bridgehead atoms. The van der Waals surface area contributed by atoms with Crippen molar-refractivity contribution in [3.8, 4) is 28.5 Å². The number of aromatic amines is 2. The van der Waals surface area contributed by atoms with E-state index in [0.29, 0.717) is 57.0 Å². The number of rotatable bonds is 61. The molecule has 0 saturated carbocycles. The summed E-state index contributed by atoms with van der Waals surface area (Å²) in [5.74, 6) is 1.64. The smallest absolute Gasteiger partial charge is 0.503 e. The minimum Gasteiger partial charge on any atom is -0.503 e. The van der Waals surface area contributed by atoms with Crippen LogP contribution < -0.4 is 19.5 Å². The molecule has 2 heterocycles. The maximum absolute atomic E-state index is 14.3. The van der Waals surface area contributed by atoms with Crippen molar-refractivity contribution in [2.75, 3.05) is 25.1 Å². The summed E-state index contributed by atoms with van der Waals surface area (Å²) >= 11 is 0. The predicted octanol–water partition coefficient (Wildman–Crippen LogP) is 25.6. The Morgan fingerprint density at radius 2 is 0.857 bits per heavy atom. The molecule has 4 aromatic rings. The molecular weight excluding hydrogens is 1130 g/mol. The second kappa shape index (κ2) is 51.7. The van der Waals surface area contributed by atoms with Crippen molar-refractivity contribution >= 4 is 24.7 Å². The first kappa shape index (κ1) is 78.8. The summed E-state index contributed by atoms with van der Waals surface area (Å²) in [6, 6.07) is 12.6. The normalized spacial score (nSPS) is 11.7. The number of aromatic nitrogens is 2. The lowest BCUT2D eigenvalue weighted by Gasteiger charge is -2.20. The summed E-state index contributed by atoms with van der Waals surface area (Å²) in [6.45, 7) is 17.4. The first-order chi connectivity index (χ1) is 44.7. The third kappa shape index (κ3) is 32.8. The first-order valence-corrected chi connectivity index (χ1v) is 38.3. The highest BCUT2D eigenvalue weighted by Gasteiger charge is 2.27. The van der Waals surface area contributed by atoms with E-state index in [1.54, 1.807) is 0 Å². The number of benzene rings is 2. The van der Waals surface area contributed by atoms with Crippen LogP contribution in [0.3, 0.4) is 0 Å². The van der Waals surface area contributed by atoms with Crippen molar-refractivity contribution in [1.82, 2.24) is 9.97 Å². The third-order valence-electron chi connectivity index (χ3n) is 18.7. The van der Waals surface area contributed by atoms with Gasteiger partial charge >= 0.3 is 7.47 Å². The van der Waals surface area contributed by atoms with Crippen LogP contribution in [0.15, 0.2) is 48.7 Å². The average molecular weight is 1260 g/mol. The highest BCUT2D eigenvalue weighted by Crippen LogP contribution is 2.42. The predicted molar refractivity (Wildman–Crippen MR) is 387 cm³/mol. The van der Waals surface area contributed by atoms with E-state index in [-0.39, 0.29) is 5.76 Å². The molecule has 11 heteroatoms. The molecule has 2 aromatic carbocycles. The Morgan fingerprint density at radius 1 is 0.462 bits per heavy atom. The van der Waals surface area contributed by atoms with Gasteiger partial charge in [-0.25, -0.2) is 8.63 Å². The molecule has 0 atom stereocenters. The Hall–Kier alpha value is -4.67. The number of allylic oxidation sites excluding steroid dienone is 1. The van der Waals surface area contributed by atoms with Crippen LogP contribution in [0, 0.1) is 0 Å². The maximum Gasteiger partial charge on any atom is 0.796 e. The van der Waals surface area contributed by atoms with Gasteiger partial charge in [0.1, 0.15) is 5.76 Å². The maximum atomic E-state index is 14.3. The molecule has 2 aromatic heterocycles. The summed E-state index contributed by atoms with van der Waals surface area (Å²) in [7, 11) is -3.09. The molecular formula is C80H132BF2N3O5. The van der Waals surface area contributed by atoms with Crippen LogP contribution in [-0.4, -0.2) is 43.0 Å². The average Bonchev–Trinajstić information content (AvgIpc) is 1.80. The summed E-state index contributed by atoms with van der Waals surface area (Å²) in [5.41, 5.74) is 8.39. The van der Waals surface area contributed by atoms with Gasteiger partial charge in [-0.1, -0.05) is 317 Å². The number of unbranched alkanes of at least 4 members (excludes halogenated alkanes) is 39. The Bertz CT molecular complexity index is 2430. The van der Waals surface area contributed by atoms with E-state index in [1.807, 2.05) is 27.0 Å². The number of H-pyrrole nitrogens is 2. The van der Waals surface area contributed by atoms with Gasteiger partial charge in [-0.2, -0.15) is 0 Å². The quantitative estimate of drug-likeness (QED) is 0.0134. The van der Waals surface area contributed by atoms with Gasteiger partial charge in [0.05, 0.1) is 31.2 Å². The van der Waals surface area contributed by atoms with Crippen LogP contribution in [0.5, 0.6) is 17.2 Å². The van der Waals surface area contributed by atoms with E-state index in [2.05, 4.69) is 79.4 Å². The number of halogens is 2. The fraction of sp³-hybridized carbons (Fsp3) is 0.713. The standard InChI is InChI=1S/C80H132BF2N3O5/c1-8-15-18-21-24-27-30-33-36-39-42-45-48-51-57-88-75-61-69(84-64-66-55-54-56-68(60-66)77-71(13-6)72(14-7)78(86-77)73(87)63-74(91-81(82)83)79-70(12-5)67(11-4)65-85-79)62-76(89-58-52-49-46-43-40-37-34-31-28-25-22-19-16-9-2)80(75)90-59-53-50-47-44-41-38-35-32-29-26-23-20-17-10-3/h54-56,60-63,65,84-86H,8-53,57-59,64H2,1-7H3/b74-63-. The van der Waals surface area contributed by atoms with Crippen LogP contribution in [0.2, 0.25) is 0 Å². The summed E-state index contributed by atoms with van der Waals surface area (Å²) in [4.78, 5) is 20.9. The number of hydrogen-bond donors (Lipinski definition) is 3. The molecule has 514 valence electrons. The van der Waals surface area contributed by atoms with E-state index < -0.39 is 13.3 Å². The van der Waals surface area contributed by atoms with Crippen molar-refractivity contribution in [2.24, 2.45) is 0 Å². The van der Waals surface area contributed by atoms with Gasteiger partial charge in [0.2, 0.25) is 11.5 Å². The fourth-order valence-corrected chi connectivity index (χ4v) is 13.2. The summed E-state index contributed by atoms with van der Waals surface area (Å²) < 4.78 is 53.4. The van der Waals surface area contributed by atoms with Crippen LogP contribution in [-0.2, 0) is 36.9 Å². The number of ketones is 1. The number of carbonyl (C=O) groups is 1.